The van der Waals surface area contributed by atoms with Crippen molar-refractivity contribution in [3.63, 3.8) is 0 Å². The van der Waals surface area contributed by atoms with E-state index in [1.807, 2.05) is 0 Å². The number of fused-ring (bicyclic) bond motifs is 1. The SMILES string of the molecule is O=c1c(O)c(-c2ccccc2)oc2cc(O)c(O)c(-c3ccccc3)c12. The molecule has 1 heterocycles. The van der Waals surface area contributed by atoms with Gasteiger partial charge in [0.15, 0.2) is 17.3 Å². The van der Waals surface area contributed by atoms with Crippen molar-refractivity contribution in [1.29, 1.82) is 0 Å². The Morgan fingerprint density at radius 3 is 1.92 bits per heavy atom. The summed E-state index contributed by atoms with van der Waals surface area (Å²) < 4.78 is 5.74. The van der Waals surface area contributed by atoms with Crippen LogP contribution in [0, 0.1) is 0 Å². The van der Waals surface area contributed by atoms with E-state index in [2.05, 4.69) is 0 Å². The van der Waals surface area contributed by atoms with E-state index in [0.717, 1.165) is 0 Å². The first kappa shape index (κ1) is 15.8. The van der Waals surface area contributed by atoms with E-state index in [4.69, 9.17) is 4.42 Å². The van der Waals surface area contributed by atoms with Gasteiger partial charge in [0.25, 0.3) is 0 Å². The van der Waals surface area contributed by atoms with Gasteiger partial charge in [-0.15, -0.1) is 0 Å². The lowest BCUT2D eigenvalue weighted by Gasteiger charge is -2.12. The second-order valence-corrected chi connectivity index (χ2v) is 5.83. The molecule has 26 heavy (non-hydrogen) atoms. The van der Waals surface area contributed by atoms with Crippen molar-refractivity contribution in [2.45, 2.75) is 0 Å². The maximum absolute atomic E-state index is 12.9. The second-order valence-electron chi connectivity index (χ2n) is 5.83. The predicted octanol–water partition coefficient (Wildman–Crippen LogP) is 4.24. The maximum Gasteiger partial charge on any atom is 0.235 e. The Morgan fingerprint density at radius 2 is 1.31 bits per heavy atom. The molecule has 0 radical (unpaired) electrons. The van der Waals surface area contributed by atoms with Crippen LogP contribution in [-0.4, -0.2) is 15.3 Å². The van der Waals surface area contributed by atoms with Crippen molar-refractivity contribution in [3.8, 4) is 39.7 Å². The fraction of sp³-hybridized carbons (Fsp3) is 0. The van der Waals surface area contributed by atoms with Crippen LogP contribution in [-0.2, 0) is 0 Å². The number of hydrogen-bond acceptors (Lipinski definition) is 5. The highest BCUT2D eigenvalue weighted by Gasteiger charge is 2.22. The molecule has 5 heteroatoms. The normalized spacial score (nSPS) is 10.9. The largest absolute Gasteiger partial charge is 0.504 e. The molecule has 0 aliphatic carbocycles. The highest BCUT2D eigenvalue weighted by Crippen LogP contribution is 2.43. The van der Waals surface area contributed by atoms with Gasteiger partial charge in [0.05, 0.1) is 5.39 Å². The summed E-state index contributed by atoms with van der Waals surface area (Å²) in [5.74, 6) is -1.40. The van der Waals surface area contributed by atoms with E-state index < -0.39 is 22.7 Å². The molecular weight excluding hydrogens is 332 g/mol. The quantitative estimate of drug-likeness (QED) is 0.472. The van der Waals surface area contributed by atoms with E-state index in [-0.39, 0.29) is 22.3 Å². The van der Waals surface area contributed by atoms with Crippen molar-refractivity contribution >= 4 is 11.0 Å². The molecule has 1 aromatic heterocycles. The van der Waals surface area contributed by atoms with Crippen LogP contribution in [0.3, 0.4) is 0 Å². The molecule has 0 spiro atoms. The molecule has 0 atom stereocenters. The van der Waals surface area contributed by atoms with Crippen LogP contribution in [0.15, 0.2) is 75.9 Å². The molecule has 0 bridgehead atoms. The molecule has 0 fully saturated rings. The molecule has 5 nitrogen and oxygen atoms in total. The summed E-state index contributed by atoms with van der Waals surface area (Å²) in [4.78, 5) is 12.9. The average Bonchev–Trinajstić information content (AvgIpc) is 2.67. The van der Waals surface area contributed by atoms with E-state index >= 15 is 0 Å². The van der Waals surface area contributed by atoms with Crippen molar-refractivity contribution in [2.75, 3.05) is 0 Å². The summed E-state index contributed by atoms with van der Waals surface area (Å²) in [6, 6.07) is 18.5. The summed E-state index contributed by atoms with van der Waals surface area (Å²) >= 11 is 0. The van der Waals surface area contributed by atoms with Gasteiger partial charge in [-0.05, 0) is 5.56 Å². The summed E-state index contributed by atoms with van der Waals surface area (Å²) in [5.41, 5.74) is 0.548. The maximum atomic E-state index is 12.9. The summed E-state index contributed by atoms with van der Waals surface area (Å²) in [6.07, 6.45) is 0. The molecule has 0 aliphatic heterocycles. The van der Waals surface area contributed by atoms with Crippen LogP contribution in [0.1, 0.15) is 0 Å². The van der Waals surface area contributed by atoms with Gasteiger partial charge >= 0.3 is 0 Å². The number of phenolic OH excluding ortho intramolecular Hbond substituents is 2. The average molecular weight is 346 g/mol. The molecule has 0 saturated carbocycles. The standard InChI is InChI=1S/C21H14O5/c22-14-11-15-17(16(18(14)23)12-7-3-1-4-8-12)19(24)20(25)21(26-15)13-9-5-2-6-10-13/h1-11,22-23,25H. The second kappa shape index (κ2) is 5.97. The Balaban J connectivity index is 2.13. The molecule has 0 aliphatic rings. The molecule has 128 valence electrons. The first-order valence-electron chi connectivity index (χ1n) is 7.93. The Morgan fingerprint density at radius 1 is 0.731 bits per heavy atom. The Labute approximate surface area is 148 Å². The van der Waals surface area contributed by atoms with Gasteiger partial charge in [0.2, 0.25) is 11.2 Å². The van der Waals surface area contributed by atoms with Gasteiger partial charge in [0, 0.05) is 17.2 Å². The highest BCUT2D eigenvalue weighted by atomic mass is 16.4. The minimum absolute atomic E-state index is 0.00341. The zero-order valence-electron chi connectivity index (χ0n) is 13.5. The third-order valence-electron chi connectivity index (χ3n) is 4.21. The van der Waals surface area contributed by atoms with Gasteiger partial charge in [-0.3, -0.25) is 4.79 Å². The van der Waals surface area contributed by atoms with Crippen molar-refractivity contribution in [3.05, 3.63) is 77.0 Å². The number of benzene rings is 3. The Kier molecular flexibility index (Phi) is 3.62. The van der Waals surface area contributed by atoms with Gasteiger partial charge < -0.3 is 19.7 Å². The summed E-state index contributed by atoms with van der Waals surface area (Å²) in [6.45, 7) is 0. The molecular formula is C21H14O5. The fourth-order valence-electron chi connectivity index (χ4n) is 2.99. The van der Waals surface area contributed by atoms with Crippen LogP contribution in [0.4, 0.5) is 0 Å². The topological polar surface area (TPSA) is 90.9 Å². The van der Waals surface area contributed by atoms with Gasteiger partial charge in [-0.2, -0.15) is 0 Å². The fourth-order valence-corrected chi connectivity index (χ4v) is 2.99. The molecule has 3 aromatic carbocycles. The summed E-state index contributed by atoms with van der Waals surface area (Å²) in [5, 5.41) is 30.9. The van der Waals surface area contributed by atoms with E-state index in [9.17, 15) is 20.1 Å². The van der Waals surface area contributed by atoms with Crippen LogP contribution in [0.25, 0.3) is 33.4 Å². The van der Waals surface area contributed by atoms with Gasteiger partial charge in [-0.1, -0.05) is 60.7 Å². The first-order valence-corrected chi connectivity index (χ1v) is 7.93. The molecule has 0 amide bonds. The lowest BCUT2D eigenvalue weighted by atomic mass is 9.98. The lowest BCUT2D eigenvalue weighted by molar-refractivity contribution is 0.404. The minimum atomic E-state index is -0.681. The number of rotatable bonds is 2. The number of phenols is 2. The Bertz CT molecular complexity index is 1160. The number of hydrogen-bond donors (Lipinski definition) is 3. The Hall–Kier alpha value is -3.73. The third-order valence-corrected chi connectivity index (χ3v) is 4.21. The molecule has 0 saturated heterocycles. The zero-order valence-corrected chi connectivity index (χ0v) is 13.5. The molecule has 3 N–H and O–H groups in total. The van der Waals surface area contributed by atoms with Crippen molar-refractivity contribution in [1.82, 2.24) is 0 Å². The van der Waals surface area contributed by atoms with E-state index in [1.165, 1.54) is 6.07 Å². The van der Waals surface area contributed by atoms with E-state index in [1.54, 1.807) is 60.7 Å². The third kappa shape index (κ3) is 2.38. The highest BCUT2D eigenvalue weighted by molar-refractivity contribution is 6.00. The van der Waals surface area contributed by atoms with Crippen LogP contribution < -0.4 is 5.43 Å². The minimum Gasteiger partial charge on any atom is -0.504 e. The monoisotopic (exact) mass is 346 g/mol. The first-order chi connectivity index (χ1) is 12.6. The van der Waals surface area contributed by atoms with E-state index in [0.29, 0.717) is 11.1 Å². The van der Waals surface area contributed by atoms with Crippen LogP contribution in [0.2, 0.25) is 0 Å². The predicted molar refractivity (Wildman–Crippen MR) is 98.4 cm³/mol. The molecule has 4 rings (SSSR count). The summed E-state index contributed by atoms with van der Waals surface area (Å²) in [7, 11) is 0. The van der Waals surface area contributed by atoms with Crippen LogP contribution >= 0.6 is 0 Å². The smallest absolute Gasteiger partial charge is 0.235 e. The molecule has 0 unspecified atom stereocenters. The van der Waals surface area contributed by atoms with Gasteiger partial charge in [-0.25, -0.2) is 0 Å². The lowest BCUT2D eigenvalue weighted by Crippen LogP contribution is -2.04. The van der Waals surface area contributed by atoms with Gasteiger partial charge in [0.1, 0.15) is 5.58 Å². The molecule has 4 aromatic rings. The zero-order chi connectivity index (χ0) is 18.3. The van der Waals surface area contributed by atoms with Crippen LogP contribution in [0.5, 0.6) is 17.2 Å². The number of aromatic hydroxyl groups is 3. The van der Waals surface area contributed by atoms with Crippen molar-refractivity contribution in [2.24, 2.45) is 0 Å². The van der Waals surface area contributed by atoms with Crippen molar-refractivity contribution < 1.29 is 19.7 Å².